The van der Waals surface area contributed by atoms with Crippen molar-refractivity contribution in [1.29, 1.82) is 0 Å². The summed E-state index contributed by atoms with van der Waals surface area (Å²) in [5.74, 6) is 1.60. The first-order valence-corrected chi connectivity index (χ1v) is 7.91. The van der Waals surface area contributed by atoms with Gasteiger partial charge in [0.05, 0.1) is 5.69 Å². The van der Waals surface area contributed by atoms with E-state index in [1.54, 1.807) is 4.52 Å². The van der Waals surface area contributed by atoms with Crippen LogP contribution in [0.5, 0.6) is 0 Å². The fraction of sp³-hybridized carbons (Fsp3) is 0.312. The van der Waals surface area contributed by atoms with Gasteiger partial charge < -0.3 is 4.52 Å². The van der Waals surface area contributed by atoms with Crippen LogP contribution in [0.3, 0.4) is 0 Å². The van der Waals surface area contributed by atoms with Crippen molar-refractivity contribution in [2.75, 3.05) is 0 Å². The number of rotatable bonds is 4. The Bertz CT molecular complexity index is 1030. The van der Waals surface area contributed by atoms with E-state index in [1.807, 2.05) is 32.9 Å². The van der Waals surface area contributed by atoms with Gasteiger partial charge in [-0.2, -0.15) is 20.2 Å². The predicted octanol–water partition coefficient (Wildman–Crippen LogP) is 1.67. The van der Waals surface area contributed by atoms with Crippen molar-refractivity contribution in [3.05, 3.63) is 47.0 Å². The van der Waals surface area contributed by atoms with Crippen LogP contribution in [0.1, 0.15) is 28.5 Å². The normalized spacial score (nSPS) is 11.3. The maximum atomic E-state index is 5.34. The molecule has 0 unspecified atom stereocenters. The van der Waals surface area contributed by atoms with E-state index >= 15 is 0 Å². The standard InChI is InChI=1S/C16H16N8O/c1-9-4-6-13(22-21-9)15-20-14(25-23-15)7-5-12-10(2)19-16-17-8-18-24(16)11(12)3/h4,6,8H,5,7H2,1-3H3. The van der Waals surface area contributed by atoms with E-state index in [2.05, 4.69) is 35.4 Å². The highest BCUT2D eigenvalue weighted by atomic mass is 16.5. The van der Waals surface area contributed by atoms with Gasteiger partial charge >= 0.3 is 0 Å². The fourth-order valence-corrected chi connectivity index (χ4v) is 2.73. The third kappa shape index (κ3) is 2.84. The van der Waals surface area contributed by atoms with Crippen molar-refractivity contribution in [2.24, 2.45) is 0 Å². The zero-order valence-electron chi connectivity index (χ0n) is 14.1. The summed E-state index contributed by atoms with van der Waals surface area (Å²) in [5, 5.41) is 16.3. The van der Waals surface area contributed by atoms with Crippen molar-refractivity contribution in [1.82, 2.24) is 39.9 Å². The maximum Gasteiger partial charge on any atom is 0.252 e. The molecule has 0 bridgehead atoms. The lowest BCUT2D eigenvalue weighted by atomic mass is 10.1. The van der Waals surface area contributed by atoms with Crippen LogP contribution >= 0.6 is 0 Å². The molecule has 4 aromatic rings. The van der Waals surface area contributed by atoms with Gasteiger partial charge in [0.15, 0.2) is 0 Å². The van der Waals surface area contributed by atoms with Crippen LogP contribution < -0.4 is 0 Å². The second kappa shape index (κ2) is 6.00. The van der Waals surface area contributed by atoms with Crippen LogP contribution in [0.4, 0.5) is 0 Å². The van der Waals surface area contributed by atoms with E-state index in [0.717, 1.165) is 29.1 Å². The average Bonchev–Trinajstić information content (AvgIpc) is 3.24. The first kappa shape index (κ1) is 15.3. The minimum absolute atomic E-state index is 0.445. The highest BCUT2D eigenvalue weighted by molar-refractivity contribution is 5.46. The van der Waals surface area contributed by atoms with Crippen LogP contribution in [0.25, 0.3) is 17.3 Å². The van der Waals surface area contributed by atoms with Crippen molar-refractivity contribution < 1.29 is 4.52 Å². The van der Waals surface area contributed by atoms with Crippen molar-refractivity contribution in [3.63, 3.8) is 0 Å². The van der Waals surface area contributed by atoms with Gasteiger partial charge in [0.1, 0.15) is 12.0 Å². The predicted molar refractivity (Wildman–Crippen MR) is 87.7 cm³/mol. The molecule has 4 heterocycles. The molecule has 9 heteroatoms. The molecule has 4 aromatic heterocycles. The second-order valence-corrected chi connectivity index (χ2v) is 5.80. The lowest BCUT2D eigenvalue weighted by Crippen LogP contribution is -2.07. The summed E-state index contributed by atoms with van der Waals surface area (Å²) in [6, 6.07) is 3.69. The van der Waals surface area contributed by atoms with Gasteiger partial charge in [-0.25, -0.2) is 9.50 Å². The zero-order chi connectivity index (χ0) is 17.4. The lowest BCUT2D eigenvalue weighted by molar-refractivity contribution is 0.378. The number of fused-ring (bicyclic) bond motifs is 1. The van der Waals surface area contributed by atoms with Gasteiger partial charge in [-0.15, -0.1) is 5.10 Å². The first-order chi connectivity index (χ1) is 12.1. The SMILES string of the molecule is Cc1ccc(-c2noc(CCc3c(C)nc4ncnn4c3C)n2)nn1. The third-order valence-corrected chi connectivity index (χ3v) is 4.07. The lowest BCUT2D eigenvalue weighted by Gasteiger charge is -2.08. The van der Waals surface area contributed by atoms with E-state index in [0.29, 0.717) is 29.6 Å². The van der Waals surface area contributed by atoms with Gasteiger partial charge in [-0.05, 0) is 44.9 Å². The highest BCUT2D eigenvalue weighted by Crippen LogP contribution is 2.17. The molecule has 0 aliphatic rings. The van der Waals surface area contributed by atoms with Gasteiger partial charge in [-0.3, -0.25) is 0 Å². The van der Waals surface area contributed by atoms with Gasteiger partial charge in [-0.1, -0.05) is 5.16 Å². The van der Waals surface area contributed by atoms with E-state index in [1.165, 1.54) is 6.33 Å². The summed E-state index contributed by atoms with van der Waals surface area (Å²) in [4.78, 5) is 13.0. The molecule has 0 aliphatic heterocycles. The summed E-state index contributed by atoms with van der Waals surface area (Å²) in [6.45, 7) is 5.86. The molecular weight excluding hydrogens is 320 g/mol. The molecule has 0 aliphatic carbocycles. The summed E-state index contributed by atoms with van der Waals surface area (Å²) in [7, 11) is 0. The zero-order valence-corrected chi connectivity index (χ0v) is 14.1. The second-order valence-electron chi connectivity index (χ2n) is 5.80. The third-order valence-electron chi connectivity index (χ3n) is 4.07. The molecule has 126 valence electrons. The number of hydrogen-bond donors (Lipinski definition) is 0. The molecule has 0 spiro atoms. The van der Waals surface area contributed by atoms with Crippen molar-refractivity contribution in [3.8, 4) is 11.5 Å². The smallest absolute Gasteiger partial charge is 0.252 e. The molecule has 25 heavy (non-hydrogen) atoms. The van der Waals surface area contributed by atoms with Crippen LogP contribution in [-0.4, -0.2) is 39.9 Å². The summed E-state index contributed by atoms with van der Waals surface area (Å²) < 4.78 is 7.08. The average molecular weight is 336 g/mol. The maximum absolute atomic E-state index is 5.34. The minimum Gasteiger partial charge on any atom is -0.339 e. The van der Waals surface area contributed by atoms with Gasteiger partial charge in [0.25, 0.3) is 5.78 Å². The number of aryl methyl sites for hydroxylation is 4. The molecular formula is C16H16N8O. The van der Waals surface area contributed by atoms with Crippen LogP contribution in [-0.2, 0) is 12.8 Å². The fourth-order valence-electron chi connectivity index (χ4n) is 2.73. The monoisotopic (exact) mass is 336 g/mol. The van der Waals surface area contributed by atoms with E-state index in [9.17, 15) is 0 Å². The highest BCUT2D eigenvalue weighted by Gasteiger charge is 2.14. The molecule has 0 fully saturated rings. The summed E-state index contributed by atoms with van der Waals surface area (Å²) in [5.41, 5.74) is 4.49. The van der Waals surface area contributed by atoms with Crippen LogP contribution in [0.2, 0.25) is 0 Å². The van der Waals surface area contributed by atoms with E-state index in [-0.39, 0.29) is 0 Å². The van der Waals surface area contributed by atoms with Crippen LogP contribution in [0, 0.1) is 20.8 Å². The molecule has 0 amide bonds. The molecule has 4 rings (SSSR count). The molecule has 0 aromatic carbocycles. The summed E-state index contributed by atoms with van der Waals surface area (Å²) >= 11 is 0. The number of aromatic nitrogens is 8. The molecule has 0 saturated carbocycles. The first-order valence-electron chi connectivity index (χ1n) is 7.91. The summed E-state index contributed by atoms with van der Waals surface area (Å²) in [6.07, 6.45) is 2.84. The topological polar surface area (TPSA) is 108 Å². The Morgan fingerprint density at radius 3 is 2.72 bits per heavy atom. The van der Waals surface area contributed by atoms with Gasteiger partial charge in [0.2, 0.25) is 11.7 Å². The Kier molecular flexibility index (Phi) is 3.68. The molecule has 0 radical (unpaired) electrons. The largest absolute Gasteiger partial charge is 0.339 e. The molecule has 0 saturated heterocycles. The number of nitrogens with zero attached hydrogens (tertiary/aromatic N) is 8. The molecule has 9 nitrogen and oxygen atoms in total. The Morgan fingerprint density at radius 2 is 1.92 bits per heavy atom. The Labute approximate surface area is 143 Å². The number of hydrogen-bond acceptors (Lipinski definition) is 8. The van der Waals surface area contributed by atoms with Crippen molar-refractivity contribution in [2.45, 2.75) is 33.6 Å². The van der Waals surface area contributed by atoms with Crippen LogP contribution in [0.15, 0.2) is 23.0 Å². The Balaban J connectivity index is 1.55. The van der Waals surface area contributed by atoms with E-state index < -0.39 is 0 Å². The van der Waals surface area contributed by atoms with Crippen molar-refractivity contribution >= 4 is 5.78 Å². The Hall–Kier alpha value is -3.23. The Morgan fingerprint density at radius 1 is 1.04 bits per heavy atom. The molecule has 0 atom stereocenters. The van der Waals surface area contributed by atoms with E-state index in [4.69, 9.17) is 4.52 Å². The van der Waals surface area contributed by atoms with Gasteiger partial charge in [0, 0.05) is 17.8 Å². The quantitative estimate of drug-likeness (QED) is 0.554. The minimum atomic E-state index is 0.445. The molecule has 0 N–H and O–H groups in total.